The van der Waals surface area contributed by atoms with E-state index in [1.165, 1.54) is 48.9 Å². The molecule has 1 aliphatic rings. The molecule has 1 aliphatic heterocycles. The average molecular weight is 476 g/mol. The fraction of sp³-hybridized carbons (Fsp3) is 0.273. The number of benzene rings is 2. The molecule has 3 rings (SSSR count). The standard InChI is InChI=1S/C22H25N3O7S/c1-30-19-8-6-16(14-20(19)31-2)7-9-21(26)23-24-22(27)17-4-3-5-18(15-17)33(28,29)25-10-12-32-13-11-25/h3-9,14-15H,10-13H2,1-2H3,(H,23,26)(H,24,27)/b9-7+. The van der Waals surface area contributed by atoms with Gasteiger partial charge in [0, 0.05) is 24.7 Å². The van der Waals surface area contributed by atoms with Crippen LogP contribution in [0.4, 0.5) is 0 Å². The maximum Gasteiger partial charge on any atom is 0.269 e. The third-order valence-electron chi connectivity index (χ3n) is 4.84. The molecule has 2 aromatic carbocycles. The number of hydrazine groups is 1. The first-order valence-corrected chi connectivity index (χ1v) is 11.5. The van der Waals surface area contributed by atoms with Crippen LogP contribution in [0.3, 0.4) is 0 Å². The second kappa shape index (κ2) is 10.9. The summed E-state index contributed by atoms with van der Waals surface area (Å²) in [5.41, 5.74) is 5.32. The molecule has 0 unspecified atom stereocenters. The van der Waals surface area contributed by atoms with E-state index in [2.05, 4.69) is 10.9 Å². The molecule has 10 nitrogen and oxygen atoms in total. The van der Waals surface area contributed by atoms with Gasteiger partial charge in [0.25, 0.3) is 11.8 Å². The Hall–Kier alpha value is -3.41. The molecule has 0 atom stereocenters. The van der Waals surface area contributed by atoms with Crippen LogP contribution in [-0.4, -0.2) is 65.1 Å². The zero-order valence-corrected chi connectivity index (χ0v) is 19.1. The number of hydrogen-bond donors (Lipinski definition) is 2. The molecule has 0 aromatic heterocycles. The van der Waals surface area contributed by atoms with Crippen molar-refractivity contribution in [2.75, 3.05) is 40.5 Å². The highest BCUT2D eigenvalue weighted by Gasteiger charge is 2.26. The van der Waals surface area contributed by atoms with Crippen LogP contribution < -0.4 is 20.3 Å². The van der Waals surface area contributed by atoms with Gasteiger partial charge in [-0.05, 0) is 42.0 Å². The lowest BCUT2D eigenvalue weighted by atomic mass is 10.2. The molecule has 2 amide bonds. The quantitative estimate of drug-likeness (QED) is 0.456. The Labute approximate surface area is 192 Å². The summed E-state index contributed by atoms with van der Waals surface area (Å²) >= 11 is 0. The molecule has 11 heteroatoms. The Morgan fingerprint density at radius 1 is 1.00 bits per heavy atom. The number of rotatable bonds is 7. The van der Waals surface area contributed by atoms with E-state index in [0.29, 0.717) is 30.3 Å². The summed E-state index contributed by atoms with van der Waals surface area (Å²) in [4.78, 5) is 24.5. The van der Waals surface area contributed by atoms with Crippen molar-refractivity contribution in [2.45, 2.75) is 4.90 Å². The maximum atomic E-state index is 12.8. The molecule has 2 aromatic rings. The second-order valence-corrected chi connectivity index (χ2v) is 8.87. The molecule has 0 aliphatic carbocycles. The van der Waals surface area contributed by atoms with Gasteiger partial charge < -0.3 is 14.2 Å². The van der Waals surface area contributed by atoms with Crippen LogP contribution >= 0.6 is 0 Å². The largest absolute Gasteiger partial charge is 0.493 e. The van der Waals surface area contributed by atoms with Crippen LogP contribution in [0.15, 0.2) is 53.4 Å². The normalized spacial score (nSPS) is 14.6. The number of sulfonamides is 1. The van der Waals surface area contributed by atoms with Gasteiger partial charge in [-0.2, -0.15) is 4.31 Å². The van der Waals surface area contributed by atoms with Crippen LogP contribution in [0.25, 0.3) is 6.08 Å². The van der Waals surface area contributed by atoms with Gasteiger partial charge in [0.15, 0.2) is 11.5 Å². The molecule has 0 radical (unpaired) electrons. The third kappa shape index (κ3) is 6.09. The Kier molecular flexibility index (Phi) is 8.04. The van der Waals surface area contributed by atoms with Crippen molar-refractivity contribution in [2.24, 2.45) is 0 Å². The Bertz CT molecular complexity index is 1140. The zero-order valence-electron chi connectivity index (χ0n) is 18.2. The van der Waals surface area contributed by atoms with Crippen LogP contribution in [-0.2, 0) is 19.6 Å². The van der Waals surface area contributed by atoms with Gasteiger partial charge in [0.1, 0.15) is 0 Å². The SMILES string of the molecule is COc1ccc(/C=C/C(=O)NNC(=O)c2cccc(S(=O)(=O)N3CCOCC3)c2)cc1OC. The molecular weight excluding hydrogens is 450 g/mol. The van der Waals surface area contributed by atoms with Crippen molar-refractivity contribution >= 4 is 27.9 Å². The number of amides is 2. The van der Waals surface area contributed by atoms with E-state index in [4.69, 9.17) is 14.2 Å². The summed E-state index contributed by atoms with van der Waals surface area (Å²) in [6.45, 7) is 1.15. The zero-order chi connectivity index (χ0) is 23.8. The smallest absolute Gasteiger partial charge is 0.269 e. The summed E-state index contributed by atoms with van der Waals surface area (Å²) in [6, 6.07) is 10.8. The number of carbonyl (C=O) groups is 2. The van der Waals surface area contributed by atoms with Crippen LogP contribution in [0.5, 0.6) is 11.5 Å². The highest BCUT2D eigenvalue weighted by atomic mass is 32.2. The molecular formula is C22H25N3O7S. The minimum Gasteiger partial charge on any atom is -0.493 e. The molecule has 1 fully saturated rings. The lowest BCUT2D eigenvalue weighted by molar-refractivity contribution is -0.117. The monoisotopic (exact) mass is 475 g/mol. The lowest BCUT2D eigenvalue weighted by Crippen LogP contribution is -2.41. The first-order valence-electron chi connectivity index (χ1n) is 10.0. The highest BCUT2D eigenvalue weighted by molar-refractivity contribution is 7.89. The summed E-state index contributed by atoms with van der Waals surface area (Å²) in [5.74, 6) is -0.151. The highest BCUT2D eigenvalue weighted by Crippen LogP contribution is 2.27. The summed E-state index contributed by atoms with van der Waals surface area (Å²) in [5, 5.41) is 0. The van der Waals surface area contributed by atoms with Crippen molar-refractivity contribution < 1.29 is 32.2 Å². The van der Waals surface area contributed by atoms with Gasteiger partial charge in [-0.25, -0.2) is 8.42 Å². The molecule has 1 saturated heterocycles. The van der Waals surface area contributed by atoms with E-state index in [1.54, 1.807) is 24.3 Å². The molecule has 0 spiro atoms. The van der Waals surface area contributed by atoms with E-state index in [9.17, 15) is 18.0 Å². The second-order valence-electron chi connectivity index (χ2n) is 6.94. The van der Waals surface area contributed by atoms with Crippen molar-refractivity contribution in [1.82, 2.24) is 15.2 Å². The first kappa shape index (κ1) is 24.2. The topological polar surface area (TPSA) is 123 Å². The number of hydrogen-bond acceptors (Lipinski definition) is 7. The molecule has 33 heavy (non-hydrogen) atoms. The van der Waals surface area contributed by atoms with Gasteiger partial charge in [-0.3, -0.25) is 20.4 Å². The molecule has 176 valence electrons. The minimum absolute atomic E-state index is 0.00303. The van der Waals surface area contributed by atoms with Crippen LogP contribution in [0.1, 0.15) is 15.9 Å². The van der Waals surface area contributed by atoms with E-state index in [1.807, 2.05) is 0 Å². The Morgan fingerprint density at radius 2 is 1.73 bits per heavy atom. The van der Waals surface area contributed by atoms with Crippen LogP contribution in [0.2, 0.25) is 0 Å². The molecule has 2 N–H and O–H groups in total. The molecule has 1 heterocycles. The van der Waals surface area contributed by atoms with E-state index >= 15 is 0 Å². The van der Waals surface area contributed by atoms with Gasteiger partial charge in [-0.1, -0.05) is 12.1 Å². The number of nitrogens with one attached hydrogen (secondary N) is 2. The number of methoxy groups -OCH3 is 2. The Morgan fingerprint density at radius 3 is 2.42 bits per heavy atom. The summed E-state index contributed by atoms with van der Waals surface area (Å²) in [7, 11) is -0.710. The van der Waals surface area contributed by atoms with Gasteiger partial charge in [0.05, 0.1) is 32.3 Å². The first-order chi connectivity index (χ1) is 15.8. The van der Waals surface area contributed by atoms with Crippen molar-refractivity contribution in [3.63, 3.8) is 0 Å². The van der Waals surface area contributed by atoms with Gasteiger partial charge in [-0.15, -0.1) is 0 Å². The summed E-state index contributed by atoms with van der Waals surface area (Å²) < 4.78 is 42.4. The third-order valence-corrected chi connectivity index (χ3v) is 6.73. The van der Waals surface area contributed by atoms with E-state index < -0.39 is 21.8 Å². The van der Waals surface area contributed by atoms with Crippen LogP contribution in [0, 0.1) is 0 Å². The number of nitrogens with zero attached hydrogens (tertiary/aromatic N) is 1. The Balaban J connectivity index is 1.61. The number of morpholine rings is 1. The van der Waals surface area contributed by atoms with Gasteiger partial charge in [0.2, 0.25) is 10.0 Å². The number of ether oxygens (including phenoxy) is 3. The summed E-state index contributed by atoms with van der Waals surface area (Å²) in [6.07, 6.45) is 2.78. The fourth-order valence-electron chi connectivity index (χ4n) is 3.09. The fourth-order valence-corrected chi connectivity index (χ4v) is 4.55. The number of carbonyl (C=O) groups excluding carboxylic acids is 2. The predicted octanol–water partition coefficient (Wildman–Crippen LogP) is 1.20. The van der Waals surface area contributed by atoms with Crippen molar-refractivity contribution in [1.29, 1.82) is 0 Å². The maximum absolute atomic E-state index is 12.8. The minimum atomic E-state index is -3.74. The predicted molar refractivity (Wildman–Crippen MR) is 120 cm³/mol. The average Bonchev–Trinajstić information content (AvgIpc) is 2.86. The van der Waals surface area contributed by atoms with E-state index in [-0.39, 0.29) is 23.5 Å². The van der Waals surface area contributed by atoms with Crippen molar-refractivity contribution in [3.8, 4) is 11.5 Å². The lowest BCUT2D eigenvalue weighted by Gasteiger charge is -2.26. The van der Waals surface area contributed by atoms with Gasteiger partial charge >= 0.3 is 0 Å². The molecule has 0 saturated carbocycles. The van der Waals surface area contributed by atoms with E-state index in [0.717, 1.165) is 0 Å². The van der Waals surface area contributed by atoms with Crippen molar-refractivity contribution in [3.05, 3.63) is 59.7 Å². The molecule has 0 bridgehead atoms.